The molecule has 3 N–H and O–H groups in total. The smallest absolute Gasteiger partial charge is 0.462 e. The molecule has 85 heavy (non-hydrogen) atoms. The van der Waals surface area contributed by atoms with Crippen LogP contribution < -0.4 is 0 Å². The standard InChI is InChI=1S/C66H128O17P2/c1-8-9-10-11-23-33-40-47-63(68)76-53-61(83-66(71)50-43-36-29-22-26-32-39-46-59(6)7)55-80-84(72,73)78-51-60(67)52-79-85(74,75)81-56-62(54-77-64(69)48-41-34-27-21-20-25-31-38-45-58(4)5)82-65(70)49-42-35-28-19-17-15-13-12-14-16-18-24-30-37-44-57(2)3/h57-62,67H,8-56H2,1-7H3,(H,72,73)(H,74,75)/t60-,61+,62+/m0/s1. The predicted octanol–water partition coefficient (Wildman–Crippen LogP) is 18.3. The number of ether oxygens (including phenoxy) is 4. The fraction of sp³-hybridized carbons (Fsp3) is 0.939. The first-order valence-corrected chi connectivity index (χ1v) is 37.3. The van der Waals surface area contributed by atoms with Crippen molar-refractivity contribution in [3.8, 4) is 0 Å². The molecule has 0 aliphatic heterocycles. The van der Waals surface area contributed by atoms with Gasteiger partial charge < -0.3 is 33.8 Å². The highest BCUT2D eigenvalue weighted by Crippen LogP contribution is 2.45. The number of esters is 4. The highest BCUT2D eigenvalue weighted by Gasteiger charge is 2.30. The molecule has 0 rings (SSSR count). The van der Waals surface area contributed by atoms with Gasteiger partial charge in [-0.1, -0.05) is 273 Å². The quantitative estimate of drug-likeness (QED) is 0.0222. The van der Waals surface area contributed by atoms with Crippen LogP contribution in [0.15, 0.2) is 0 Å². The van der Waals surface area contributed by atoms with Crippen molar-refractivity contribution in [3.63, 3.8) is 0 Å². The second-order valence-corrected chi connectivity index (χ2v) is 28.2. The van der Waals surface area contributed by atoms with Gasteiger partial charge in [-0.3, -0.25) is 37.3 Å². The van der Waals surface area contributed by atoms with Crippen molar-refractivity contribution >= 4 is 39.5 Å². The van der Waals surface area contributed by atoms with Crippen LogP contribution in [0.1, 0.15) is 325 Å². The fourth-order valence-corrected chi connectivity index (χ4v) is 11.4. The molecule has 504 valence electrons. The summed E-state index contributed by atoms with van der Waals surface area (Å²) in [5.74, 6) is 0.0784. The number of hydrogen-bond acceptors (Lipinski definition) is 15. The van der Waals surface area contributed by atoms with Gasteiger partial charge in [0.05, 0.1) is 26.4 Å². The van der Waals surface area contributed by atoms with E-state index in [1.165, 1.54) is 122 Å². The third kappa shape index (κ3) is 60.7. The van der Waals surface area contributed by atoms with Crippen LogP contribution in [0.4, 0.5) is 0 Å². The van der Waals surface area contributed by atoms with Gasteiger partial charge >= 0.3 is 39.5 Å². The van der Waals surface area contributed by atoms with Crippen molar-refractivity contribution < 1.29 is 80.2 Å². The molecule has 17 nitrogen and oxygen atoms in total. The van der Waals surface area contributed by atoms with Crippen molar-refractivity contribution in [1.82, 2.24) is 0 Å². The SMILES string of the molecule is CCCCCCCCCC(=O)OC[C@H](COP(=O)(O)OC[C@H](O)COP(=O)(O)OC[C@@H](COC(=O)CCCCCCCCCCC(C)C)OC(=O)CCCCCCCCCCCCCCCCC(C)C)OC(=O)CCCCCCCCCC(C)C. The summed E-state index contributed by atoms with van der Waals surface area (Å²) in [5, 5.41) is 10.5. The predicted molar refractivity (Wildman–Crippen MR) is 340 cm³/mol. The number of carbonyl (C=O) groups excluding carboxylic acids is 4. The lowest BCUT2D eigenvalue weighted by molar-refractivity contribution is -0.161. The molecule has 19 heteroatoms. The van der Waals surface area contributed by atoms with Gasteiger partial charge in [0.25, 0.3) is 0 Å². The molecular formula is C66H128O17P2. The van der Waals surface area contributed by atoms with Gasteiger partial charge in [-0.05, 0) is 43.4 Å². The van der Waals surface area contributed by atoms with Gasteiger partial charge in [0, 0.05) is 25.7 Å². The lowest BCUT2D eigenvalue weighted by atomic mass is 10.0. The van der Waals surface area contributed by atoms with E-state index in [2.05, 4.69) is 48.5 Å². The maximum Gasteiger partial charge on any atom is 0.472 e. The zero-order valence-electron chi connectivity index (χ0n) is 55.1. The second kappa shape index (κ2) is 57.2. The number of carbonyl (C=O) groups is 4. The van der Waals surface area contributed by atoms with Crippen LogP contribution in [0.2, 0.25) is 0 Å². The third-order valence-electron chi connectivity index (χ3n) is 15.1. The van der Waals surface area contributed by atoms with Crippen LogP contribution in [0.5, 0.6) is 0 Å². The van der Waals surface area contributed by atoms with E-state index in [0.717, 1.165) is 115 Å². The number of unbranched alkanes of at least 4 members (excludes halogenated alkanes) is 32. The van der Waals surface area contributed by atoms with Gasteiger partial charge in [0.1, 0.15) is 19.3 Å². The average molecular weight is 1260 g/mol. The molecule has 0 saturated heterocycles. The van der Waals surface area contributed by atoms with Gasteiger partial charge in [-0.25, -0.2) is 9.13 Å². The molecule has 0 aliphatic rings. The normalized spacial score (nSPS) is 14.3. The van der Waals surface area contributed by atoms with E-state index in [4.69, 9.17) is 37.0 Å². The summed E-state index contributed by atoms with van der Waals surface area (Å²) in [5.41, 5.74) is 0. The molecule has 0 aromatic heterocycles. The summed E-state index contributed by atoms with van der Waals surface area (Å²) in [6, 6.07) is 0. The molecule has 0 radical (unpaired) electrons. The molecule has 0 aromatic rings. The van der Waals surface area contributed by atoms with Crippen LogP contribution >= 0.6 is 15.6 Å². The first-order chi connectivity index (χ1) is 40.7. The largest absolute Gasteiger partial charge is 0.472 e. The Bertz CT molecular complexity index is 1680. The first-order valence-electron chi connectivity index (χ1n) is 34.3. The monoisotopic (exact) mass is 1250 g/mol. The van der Waals surface area contributed by atoms with Crippen molar-refractivity contribution in [2.24, 2.45) is 17.8 Å². The maximum absolute atomic E-state index is 13.0. The molecule has 0 fully saturated rings. The van der Waals surface area contributed by atoms with E-state index in [1.807, 2.05) is 0 Å². The molecule has 0 aliphatic carbocycles. The number of aliphatic hydroxyl groups excluding tert-OH is 1. The Hall–Kier alpha value is -1.94. The molecule has 0 bridgehead atoms. The summed E-state index contributed by atoms with van der Waals surface area (Å²) >= 11 is 0. The summed E-state index contributed by atoms with van der Waals surface area (Å²) in [4.78, 5) is 72.2. The highest BCUT2D eigenvalue weighted by molar-refractivity contribution is 7.47. The summed E-state index contributed by atoms with van der Waals surface area (Å²) in [6.45, 7) is 11.7. The number of rotatable bonds is 64. The fourth-order valence-electron chi connectivity index (χ4n) is 9.83. The first kappa shape index (κ1) is 83.1. The second-order valence-electron chi connectivity index (χ2n) is 25.3. The minimum Gasteiger partial charge on any atom is -0.462 e. The average Bonchev–Trinajstić information content (AvgIpc) is 3.45. The van der Waals surface area contributed by atoms with Crippen LogP contribution in [0.3, 0.4) is 0 Å². The lowest BCUT2D eigenvalue weighted by Crippen LogP contribution is -2.30. The van der Waals surface area contributed by atoms with E-state index in [0.29, 0.717) is 31.6 Å². The third-order valence-corrected chi connectivity index (χ3v) is 17.0. The van der Waals surface area contributed by atoms with Crippen LogP contribution in [0, 0.1) is 17.8 Å². The zero-order chi connectivity index (χ0) is 63.1. The zero-order valence-corrected chi connectivity index (χ0v) is 56.9. The number of aliphatic hydroxyl groups is 1. The van der Waals surface area contributed by atoms with Crippen LogP contribution in [0.25, 0.3) is 0 Å². The maximum atomic E-state index is 13.0. The number of phosphoric acid groups is 2. The van der Waals surface area contributed by atoms with Crippen molar-refractivity contribution in [3.05, 3.63) is 0 Å². The van der Waals surface area contributed by atoms with Crippen molar-refractivity contribution in [1.29, 1.82) is 0 Å². The summed E-state index contributed by atoms with van der Waals surface area (Å²) < 4.78 is 68.0. The minimum atomic E-state index is -4.95. The summed E-state index contributed by atoms with van der Waals surface area (Å²) in [6.07, 6.45) is 39.2. The highest BCUT2D eigenvalue weighted by atomic mass is 31.2. The van der Waals surface area contributed by atoms with Crippen molar-refractivity contribution in [2.75, 3.05) is 39.6 Å². The molecule has 0 amide bonds. The molecule has 0 spiro atoms. The molecule has 5 atom stereocenters. The Morgan fingerprint density at radius 2 is 0.541 bits per heavy atom. The molecular weight excluding hydrogens is 1130 g/mol. The van der Waals surface area contributed by atoms with Gasteiger partial charge in [0.15, 0.2) is 12.2 Å². The van der Waals surface area contributed by atoms with Gasteiger partial charge in [-0.15, -0.1) is 0 Å². The summed E-state index contributed by atoms with van der Waals surface area (Å²) in [7, 11) is -9.89. The molecule has 0 aromatic carbocycles. The van der Waals surface area contributed by atoms with Gasteiger partial charge in [0.2, 0.25) is 0 Å². The van der Waals surface area contributed by atoms with E-state index in [-0.39, 0.29) is 25.7 Å². The molecule has 0 saturated carbocycles. The van der Waals surface area contributed by atoms with Crippen LogP contribution in [-0.4, -0.2) is 96.7 Å². The Balaban J connectivity index is 5.19. The van der Waals surface area contributed by atoms with E-state index in [1.54, 1.807) is 0 Å². The number of hydrogen-bond donors (Lipinski definition) is 3. The van der Waals surface area contributed by atoms with Gasteiger partial charge in [-0.2, -0.15) is 0 Å². The molecule has 0 heterocycles. The van der Waals surface area contributed by atoms with E-state index in [9.17, 15) is 43.2 Å². The molecule has 2 unspecified atom stereocenters. The van der Waals surface area contributed by atoms with E-state index >= 15 is 0 Å². The Kier molecular flexibility index (Phi) is 55.9. The van der Waals surface area contributed by atoms with Crippen LogP contribution in [-0.2, 0) is 65.4 Å². The Morgan fingerprint density at radius 1 is 0.318 bits per heavy atom. The van der Waals surface area contributed by atoms with E-state index < -0.39 is 97.5 Å². The number of phosphoric ester groups is 2. The van der Waals surface area contributed by atoms with Crippen molar-refractivity contribution in [2.45, 2.75) is 343 Å². The minimum absolute atomic E-state index is 0.103. The Labute approximate surface area is 517 Å². The Morgan fingerprint density at radius 3 is 0.800 bits per heavy atom. The topological polar surface area (TPSA) is 237 Å². The lowest BCUT2D eigenvalue weighted by Gasteiger charge is -2.21.